The molecule has 1 aromatic carbocycles. The molecule has 3 heterocycles. The third kappa shape index (κ3) is 2.95. The molecule has 0 aliphatic carbocycles. The average Bonchev–Trinajstić information content (AvgIpc) is 3.12. The van der Waals surface area contributed by atoms with Gasteiger partial charge >= 0.3 is 0 Å². The minimum atomic E-state index is -0.495. The van der Waals surface area contributed by atoms with Crippen molar-refractivity contribution in [2.45, 2.75) is 19.5 Å². The summed E-state index contributed by atoms with van der Waals surface area (Å²) >= 11 is 1.61. The Labute approximate surface area is 142 Å². The fourth-order valence-electron chi connectivity index (χ4n) is 2.94. The topological polar surface area (TPSA) is 29.0 Å². The van der Waals surface area contributed by atoms with Crippen LogP contribution in [-0.4, -0.2) is 21.4 Å². The normalized spacial score (nSPS) is 14.6. The standard InChI is InChI=1S/C18H15F2N3S/c19-14-3-1-4-15(20)13(14)11-23-7-6-16-12(10-23)9-21-18(22-16)17-5-2-8-24-17/h1-5,8-9H,6-7,10-11H2. The van der Waals surface area contributed by atoms with Gasteiger partial charge in [0, 0.05) is 43.4 Å². The molecule has 0 fully saturated rings. The Morgan fingerprint density at radius 2 is 1.96 bits per heavy atom. The van der Waals surface area contributed by atoms with Gasteiger partial charge in [0.2, 0.25) is 0 Å². The Bertz CT molecular complexity index is 844. The largest absolute Gasteiger partial charge is 0.294 e. The second kappa shape index (κ2) is 6.37. The molecule has 1 aliphatic rings. The van der Waals surface area contributed by atoms with E-state index in [-0.39, 0.29) is 12.1 Å². The van der Waals surface area contributed by atoms with E-state index < -0.39 is 11.6 Å². The Morgan fingerprint density at radius 1 is 1.12 bits per heavy atom. The minimum Gasteiger partial charge on any atom is -0.294 e. The van der Waals surface area contributed by atoms with Crippen LogP contribution in [0.15, 0.2) is 41.9 Å². The van der Waals surface area contributed by atoms with Crippen LogP contribution in [0.5, 0.6) is 0 Å². The van der Waals surface area contributed by atoms with Crippen LogP contribution < -0.4 is 0 Å². The lowest BCUT2D eigenvalue weighted by Crippen LogP contribution is -2.31. The molecule has 0 atom stereocenters. The van der Waals surface area contributed by atoms with Crippen LogP contribution in [0.25, 0.3) is 10.7 Å². The summed E-state index contributed by atoms with van der Waals surface area (Å²) in [6.07, 6.45) is 2.59. The molecular weight excluding hydrogens is 328 g/mol. The van der Waals surface area contributed by atoms with Crippen LogP contribution in [-0.2, 0) is 19.5 Å². The minimum absolute atomic E-state index is 0.122. The summed E-state index contributed by atoms with van der Waals surface area (Å²) in [5.41, 5.74) is 2.18. The lowest BCUT2D eigenvalue weighted by Gasteiger charge is -2.28. The first-order valence-corrected chi connectivity index (χ1v) is 8.62. The van der Waals surface area contributed by atoms with Crippen molar-refractivity contribution in [2.24, 2.45) is 0 Å². The number of hydrogen-bond donors (Lipinski definition) is 0. The van der Waals surface area contributed by atoms with Crippen molar-refractivity contribution in [1.29, 1.82) is 0 Å². The zero-order valence-electron chi connectivity index (χ0n) is 12.9. The number of fused-ring (bicyclic) bond motifs is 1. The van der Waals surface area contributed by atoms with Crippen LogP contribution in [0.1, 0.15) is 16.8 Å². The highest BCUT2D eigenvalue weighted by Crippen LogP contribution is 2.25. The van der Waals surface area contributed by atoms with Crippen molar-refractivity contribution in [1.82, 2.24) is 14.9 Å². The van der Waals surface area contributed by atoms with Crippen LogP contribution in [0.2, 0.25) is 0 Å². The molecule has 0 bridgehead atoms. The Kier molecular flexibility index (Phi) is 4.08. The molecule has 122 valence electrons. The molecule has 0 radical (unpaired) electrons. The van der Waals surface area contributed by atoms with Gasteiger partial charge in [0.25, 0.3) is 0 Å². The number of nitrogens with zero attached hydrogens (tertiary/aromatic N) is 3. The van der Waals surface area contributed by atoms with E-state index in [1.807, 2.05) is 28.6 Å². The first-order valence-electron chi connectivity index (χ1n) is 7.74. The number of halogens is 2. The molecular formula is C18H15F2N3S. The molecule has 0 saturated heterocycles. The van der Waals surface area contributed by atoms with Gasteiger partial charge in [-0.15, -0.1) is 11.3 Å². The predicted octanol–water partition coefficient (Wildman–Crippen LogP) is 4.04. The van der Waals surface area contributed by atoms with Gasteiger partial charge in [-0.2, -0.15) is 0 Å². The summed E-state index contributed by atoms with van der Waals surface area (Å²) in [6.45, 7) is 1.58. The molecule has 0 amide bonds. The van der Waals surface area contributed by atoms with E-state index in [1.165, 1.54) is 18.2 Å². The monoisotopic (exact) mass is 343 g/mol. The van der Waals surface area contributed by atoms with Gasteiger partial charge in [-0.3, -0.25) is 4.90 Å². The molecule has 4 rings (SSSR count). The highest BCUT2D eigenvalue weighted by Gasteiger charge is 2.21. The van der Waals surface area contributed by atoms with Crippen LogP contribution >= 0.6 is 11.3 Å². The molecule has 24 heavy (non-hydrogen) atoms. The molecule has 0 saturated carbocycles. The van der Waals surface area contributed by atoms with E-state index in [1.54, 1.807) is 11.3 Å². The Hall–Kier alpha value is -2.18. The summed E-state index contributed by atoms with van der Waals surface area (Å²) in [7, 11) is 0. The second-order valence-electron chi connectivity index (χ2n) is 5.80. The lowest BCUT2D eigenvalue weighted by atomic mass is 10.1. The van der Waals surface area contributed by atoms with Gasteiger partial charge in [-0.05, 0) is 23.6 Å². The van der Waals surface area contributed by atoms with Gasteiger partial charge in [0.15, 0.2) is 5.82 Å². The van der Waals surface area contributed by atoms with Gasteiger partial charge in [-0.25, -0.2) is 18.7 Å². The third-order valence-electron chi connectivity index (χ3n) is 4.20. The van der Waals surface area contributed by atoms with E-state index in [2.05, 4.69) is 9.97 Å². The molecule has 2 aromatic heterocycles. The number of benzene rings is 1. The van der Waals surface area contributed by atoms with Crippen LogP contribution in [0.4, 0.5) is 8.78 Å². The van der Waals surface area contributed by atoms with E-state index in [0.29, 0.717) is 6.54 Å². The highest BCUT2D eigenvalue weighted by molar-refractivity contribution is 7.13. The summed E-state index contributed by atoms with van der Waals surface area (Å²) in [6, 6.07) is 7.97. The lowest BCUT2D eigenvalue weighted by molar-refractivity contribution is 0.236. The fourth-order valence-corrected chi connectivity index (χ4v) is 3.61. The summed E-state index contributed by atoms with van der Waals surface area (Å²) in [5.74, 6) is -0.243. The SMILES string of the molecule is Fc1cccc(F)c1CN1CCc2nc(-c3cccs3)ncc2C1. The van der Waals surface area contributed by atoms with E-state index >= 15 is 0 Å². The summed E-state index contributed by atoms with van der Waals surface area (Å²) < 4.78 is 27.6. The van der Waals surface area contributed by atoms with Gasteiger partial charge in [0.05, 0.1) is 10.6 Å². The molecule has 0 unspecified atom stereocenters. The van der Waals surface area contributed by atoms with E-state index in [4.69, 9.17) is 0 Å². The highest BCUT2D eigenvalue weighted by atomic mass is 32.1. The van der Waals surface area contributed by atoms with Crippen molar-refractivity contribution >= 4 is 11.3 Å². The van der Waals surface area contributed by atoms with E-state index in [9.17, 15) is 8.78 Å². The molecule has 3 nitrogen and oxygen atoms in total. The predicted molar refractivity (Wildman–Crippen MR) is 89.5 cm³/mol. The van der Waals surface area contributed by atoms with Crippen molar-refractivity contribution in [3.8, 4) is 10.7 Å². The molecule has 3 aromatic rings. The maximum absolute atomic E-state index is 13.8. The molecule has 0 N–H and O–H groups in total. The first-order chi connectivity index (χ1) is 11.7. The van der Waals surface area contributed by atoms with E-state index in [0.717, 1.165) is 34.9 Å². The molecule has 1 aliphatic heterocycles. The van der Waals surface area contributed by atoms with Gasteiger partial charge in [0.1, 0.15) is 11.6 Å². The first kappa shape index (κ1) is 15.4. The van der Waals surface area contributed by atoms with Gasteiger partial charge in [-0.1, -0.05) is 12.1 Å². The van der Waals surface area contributed by atoms with Crippen molar-refractivity contribution < 1.29 is 8.78 Å². The van der Waals surface area contributed by atoms with Crippen molar-refractivity contribution in [3.63, 3.8) is 0 Å². The molecule has 6 heteroatoms. The zero-order valence-corrected chi connectivity index (χ0v) is 13.7. The number of aromatic nitrogens is 2. The maximum Gasteiger partial charge on any atom is 0.169 e. The smallest absolute Gasteiger partial charge is 0.169 e. The Morgan fingerprint density at radius 3 is 2.71 bits per heavy atom. The zero-order chi connectivity index (χ0) is 16.5. The quantitative estimate of drug-likeness (QED) is 0.719. The fraction of sp³-hybridized carbons (Fsp3) is 0.222. The number of hydrogen-bond acceptors (Lipinski definition) is 4. The number of thiophene rings is 1. The second-order valence-corrected chi connectivity index (χ2v) is 6.75. The van der Waals surface area contributed by atoms with Crippen molar-refractivity contribution in [2.75, 3.05) is 6.54 Å². The number of rotatable bonds is 3. The Balaban J connectivity index is 1.54. The third-order valence-corrected chi connectivity index (χ3v) is 5.06. The van der Waals surface area contributed by atoms with Gasteiger partial charge < -0.3 is 0 Å². The van der Waals surface area contributed by atoms with Crippen LogP contribution in [0, 0.1) is 11.6 Å². The van der Waals surface area contributed by atoms with Crippen LogP contribution in [0.3, 0.4) is 0 Å². The maximum atomic E-state index is 13.8. The average molecular weight is 343 g/mol. The van der Waals surface area contributed by atoms with Crippen molar-refractivity contribution in [3.05, 3.63) is 70.4 Å². The summed E-state index contributed by atoms with van der Waals surface area (Å²) in [5, 5.41) is 2.00. The molecule has 0 spiro atoms. The summed E-state index contributed by atoms with van der Waals surface area (Å²) in [4.78, 5) is 12.2.